The van der Waals surface area contributed by atoms with Crippen molar-refractivity contribution >= 4 is 5.78 Å². The number of hydrogen-bond acceptors (Lipinski definition) is 2. The predicted molar refractivity (Wildman–Crippen MR) is 50.9 cm³/mol. The highest BCUT2D eigenvalue weighted by atomic mass is 16.1. The molecule has 0 aliphatic heterocycles. The van der Waals surface area contributed by atoms with Crippen molar-refractivity contribution < 1.29 is 4.79 Å². The molecule has 0 aromatic heterocycles. The molecule has 0 spiro atoms. The lowest BCUT2D eigenvalue weighted by molar-refractivity contribution is -0.116. The molecule has 1 rings (SSSR count). The largest absolute Gasteiger partial charge is 0.295 e. The minimum absolute atomic E-state index is 0.151. The van der Waals surface area contributed by atoms with Crippen LogP contribution >= 0.6 is 0 Å². The van der Waals surface area contributed by atoms with Crippen LogP contribution in [0.1, 0.15) is 27.2 Å². The fourth-order valence-corrected chi connectivity index (χ4v) is 1.81. The van der Waals surface area contributed by atoms with Gasteiger partial charge in [-0.2, -0.15) is 5.26 Å². The third-order valence-corrected chi connectivity index (χ3v) is 2.36. The lowest BCUT2D eigenvalue weighted by atomic mass is 9.73. The zero-order chi connectivity index (χ0) is 10.1. The van der Waals surface area contributed by atoms with Crippen molar-refractivity contribution in [3.05, 3.63) is 23.3 Å². The molecule has 0 fully saturated rings. The SMILES string of the molecule is CC1=CC(=O)CC(C)(C)/C1=C\C#N. The Hall–Kier alpha value is -1.36. The summed E-state index contributed by atoms with van der Waals surface area (Å²) < 4.78 is 0. The highest BCUT2D eigenvalue weighted by Gasteiger charge is 2.30. The maximum Gasteiger partial charge on any atom is 0.156 e. The van der Waals surface area contributed by atoms with Crippen LogP contribution in [-0.4, -0.2) is 5.78 Å². The predicted octanol–water partition coefficient (Wildman–Crippen LogP) is 2.38. The summed E-state index contributed by atoms with van der Waals surface area (Å²) >= 11 is 0. The van der Waals surface area contributed by atoms with Crippen LogP contribution in [0.4, 0.5) is 0 Å². The number of nitriles is 1. The van der Waals surface area contributed by atoms with E-state index in [1.807, 2.05) is 26.8 Å². The Labute approximate surface area is 78.6 Å². The normalized spacial score (nSPS) is 24.0. The zero-order valence-corrected chi connectivity index (χ0v) is 8.22. The lowest BCUT2D eigenvalue weighted by Crippen LogP contribution is -2.24. The fourth-order valence-electron chi connectivity index (χ4n) is 1.81. The molecule has 13 heavy (non-hydrogen) atoms. The number of carbonyl (C=O) groups excluding carboxylic acids is 1. The van der Waals surface area contributed by atoms with Gasteiger partial charge in [-0.3, -0.25) is 4.79 Å². The van der Waals surface area contributed by atoms with Crippen LogP contribution in [0.3, 0.4) is 0 Å². The number of allylic oxidation sites excluding steroid dienone is 4. The molecule has 2 nitrogen and oxygen atoms in total. The van der Waals surface area contributed by atoms with Crippen molar-refractivity contribution in [2.45, 2.75) is 27.2 Å². The smallest absolute Gasteiger partial charge is 0.156 e. The van der Waals surface area contributed by atoms with Gasteiger partial charge < -0.3 is 0 Å². The Morgan fingerprint density at radius 3 is 2.69 bits per heavy atom. The average molecular weight is 175 g/mol. The van der Waals surface area contributed by atoms with Crippen molar-refractivity contribution in [1.29, 1.82) is 5.26 Å². The van der Waals surface area contributed by atoms with E-state index in [0.29, 0.717) is 6.42 Å². The monoisotopic (exact) mass is 175 g/mol. The molecule has 68 valence electrons. The summed E-state index contributed by atoms with van der Waals surface area (Å²) in [6.07, 6.45) is 3.66. The van der Waals surface area contributed by atoms with Crippen molar-refractivity contribution in [3.63, 3.8) is 0 Å². The van der Waals surface area contributed by atoms with Gasteiger partial charge in [0.1, 0.15) is 0 Å². The summed E-state index contributed by atoms with van der Waals surface area (Å²) in [4.78, 5) is 11.3. The van der Waals surface area contributed by atoms with Gasteiger partial charge >= 0.3 is 0 Å². The first kappa shape index (κ1) is 9.73. The van der Waals surface area contributed by atoms with Crippen LogP contribution in [0.15, 0.2) is 23.3 Å². The first-order valence-electron chi connectivity index (χ1n) is 4.29. The van der Waals surface area contributed by atoms with Gasteiger partial charge in [-0.1, -0.05) is 13.8 Å². The first-order valence-corrected chi connectivity index (χ1v) is 4.29. The van der Waals surface area contributed by atoms with Gasteiger partial charge in [-0.15, -0.1) is 0 Å². The second kappa shape index (κ2) is 3.18. The van der Waals surface area contributed by atoms with E-state index >= 15 is 0 Å². The van der Waals surface area contributed by atoms with E-state index < -0.39 is 0 Å². The molecule has 0 unspecified atom stereocenters. The average Bonchev–Trinajstić information content (AvgIpc) is 1.95. The van der Waals surface area contributed by atoms with E-state index in [2.05, 4.69) is 0 Å². The minimum Gasteiger partial charge on any atom is -0.295 e. The van der Waals surface area contributed by atoms with E-state index in [4.69, 9.17) is 5.26 Å². The molecule has 0 aromatic rings. The quantitative estimate of drug-likeness (QED) is 0.530. The highest BCUT2D eigenvalue weighted by molar-refractivity contribution is 5.93. The first-order chi connectivity index (χ1) is 5.97. The van der Waals surface area contributed by atoms with Crippen molar-refractivity contribution in [2.75, 3.05) is 0 Å². The van der Waals surface area contributed by atoms with Crippen LogP contribution in [0, 0.1) is 16.7 Å². The summed E-state index contributed by atoms with van der Waals surface area (Å²) in [5.41, 5.74) is 1.71. The Bertz CT molecular complexity index is 340. The number of nitrogens with zero attached hydrogens (tertiary/aromatic N) is 1. The van der Waals surface area contributed by atoms with E-state index in [1.165, 1.54) is 6.08 Å². The molecule has 0 amide bonds. The van der Waals surface area contributed by atoms with Crippen molar-refractivity contribution in [3.8, 4) is 6.07 Å². The summed E-state index contributed by atoms with van der Waals surface area (Å²) in [7, 11) is 0. The highest BCUT2D eigenvalue weighted by Crippen LogP contribution is 2.38. The van der Waals surface area contributed by atoms with Crippen LogP contribution in [0.2, 0.25) is 0 Å². The molecule has 0 aromatic carbocycles. The van der Waals surface area contributed by atoms with Gasteiger partial charge in [-0.25, -0.2) is 0 Å². The van der Waals surface area contributed by atoms with E-state index in [9.17, 15) is 4.79 Å². The van der Waals surface area contributed by atoms with Gasteiger partial charge in [-0.05, 0) is 29.6 Å². The standard InChI is InChI=1S/C11H13NO/c1-8-6-9(13)7-11(2,3)10(8)4-5-12/h4,6H,7H2,1-3H3/b10-4-. The second-order valence-corrected chi connectivity index (χ2v) is 4.04. The van der Waals surface area contributed by atoms with E-state index in [1.54, 1.807) is 6.08 Å². The lowest BCUT2D eigenvalue weighted by Gasteiger charge is -2.30. The van der Waals surface area contributed by atoms with Gasteiger partial charge in [0.25, 0.3) is 0 Å². The van der Waals surface area contributed by atoms with Gasteiger partial charge in [0, 0.05) is 12.5 Å². The van der Waals surface area contributed by atoms with Crippen LogP contribution in [0.5, 0.6) is 0 Å². The maximum absolute atomic E-state index is 11.3. The molecule has 0 heterocycles. The van der Waals surface area contributed by atoms with Crippen LogP contribution in [0.25, 0.3) is 0 Å². The van der Waals surface area contributed by atoms with Gasteiger partial charge in [0.2, 0.25) is 0 Å². The minimum atomic E-state index is -0.189. The number of hydrogen-bond donors (Lipinski definition) is 0. The topological polar surface area (TPSA) is 40.9 Å². The van der Waals surface area contributed by atoms with Crippen molar-refractivity contribution in [2.24, 2.45) is 5.41 Å². The zero-order valence-electron chi connectivity index (χ0n) is 8.22. The van der Waals surface area contributed by atoms with Gasteiger partial charge in [0.05, 0.1) is 6.07 Å². The van der Waals surface area contributed by atoms with Crippen LogP contribution < -0.4 is 0 Å². The fraction of sp³-hybridized carbons (Fsp3) is 0.455. The molecular weight excluding hydrogens is 162 g/mol. The van der Waals surface area contributed by atoms with Gasteiger partial charge in [0.15, 0.2) is 5.78 Å². The van der Waals surface area contributed by atoms with Crippen molar-refractivity contribution in [1.82, 2.24) is 0 Å². The molecule has 1 aliphatic rings. The summed E-state index contributed by atoms with van der Waals surface area (Å²) in [6.45, 7) is 5.86. The second-order valence-electron chi connectivity index (χ2n) is 4.04. The molecular formula is C11H13NO. The molecule has 0 bridgehead atoms. The Balaban J connectivity index is 3.20. The summed E-state index contributed by atoms with van der Waals surface area (Å²) in [6, 6.07) is 2.02. The molecule has 2 heteroatoms. The molecule has 1 aliphatic carbocycles. The molecule has 0 atom stereocenters. The number of carbonyl (C=O) groups is 1. The maximum atomic E-state index is 11.3. The van der Waals surface area contributed by atoms with E-state index in [0.717, 1.165) is 11.1 Å². The Kier molecular flexibility index (Phi) is 2.38. The third kappa shape index (κ3) is 1.86. The molecule has 0 radical (unpaired) electrons. The Morgan fingerprint density at radius 2 is 2.23 bits per heavy atom. The molecule has 0 saturated carbocycles. The summed E-state index contributed by atoms with van der Waals surface area (Å²) in [5, 5.41) is 8.60. The summed E-state index contributed by atoms with van der Waals surface area (Å²) in [5.74, 6) is 0.151. The molecule has 0 saturated heterocycles. The van der Waals surface area contributed by atoms with Crippen LogP contribution in [-0.2, 0) is 4.79 Å². The third-order valence-electron chi connectivity index (χ3n) is 2.36. The van der Waals surface area contributed by atoms with E-state index in [-0.39, 0.29) is 11.2 Å². The number of rotatable bonds is 0. The number of ketones is 1. The Morgan fingerprint density at radius 1 is 1.62 bits per heavy atom. The molecule has 0 N–H and O–H groups in total.